The van der Waals surface area contributed by atoms with Gasteiger partial charge in [0.25, 0.3) is 0 Å². The van der Waals surface area contributed by atoms with E-state index >= 15 is 0 Å². The summed E-state index contributed by atoms with van der Waals surface area (Å²) < 4.78 is 0.721. The normalized spacial score (nSPS) is 13.1. The molecule has 9 heavy (non-hydrogen) atoms. The van der Waals surface area contributed by atoms with Crippen LogP contribution in [0.3, 0.4) is 0 Å². The summed E-state index contributed by atoms with van der Waals surface area (Å²) in [5.74, 6) is 0. The van der Waals surface area contributed by atoms with Gasteiger partial charge in [0.1, 0.15) is 0 Å². The third kappa shape index (κ3) is 1.87. The first kappa shape index (κ1) is 6.89. The third-order valence-corrected chi connectivity index (χ3v) is 2.13. The molecule has 0 saturated heterocycles. The molecule has 1 aromatic carbocycles. The predicted octanol–water partition coefficient (Wildman–Crippen LogP) is 1.38. The van der Waals surface area contributed by atoms with Crippen molar-refractivity contribution in [3.05, 3.63) is 35.9 Å². The van der Waals surface area contributed by atoms with E-state index in [2.05, 4.69) is 37.3 Å². The van der Waals surface area contributed by atoms with Crippen LogP contribution in [0.4, 0.5) is 0 Å². The molecule has 0 heterocycles. The molecule has 0 aliphatic heterocycles. The topological polar surface area (TPSA) is 0 Å². The van der Waals surface area contributed by atoms with E-state index < -0.39 is 0 Å². The second-order valence-electron chi connectivity index (χ2n) is 2.20. The van der Waals surface area contributed by atoms with Crippen molar-refractivity contribution in [3.63, 3.8) is 0 Å². The van der Waals surface area contributed by atoms with Gasteiger partial charge < -0.3 is 0 Å². The SMILES string of the molecule is C[C@H]([AsH2])c1ccccc1. The van der Waals surface area contributed by atoms with Crippen molar-refractivity contribution in [1.82, 2.24) is 0 Å². The Balaban J connectivity index is 2.85. The van der Waals surface area contributed by atoms with Crippen LogP contribution in [-0.4, -0.2) is 16.9 Å². The van der Waals surface area contributed by atoms with Gasteiger partial charge in [-0.05, 0) is 0 Å². The van der Waals surface area contributed by atoms with E-state index in [1.165, 1.54) is 5.56 Å². The molecule has 0 bridgehead atoms. The molecule has 0 fully saturated rings. The van der Waals surface area contributed by atoms with E-state index in [1.807, 2.05) is 0 Å². The van der Waals surface area contributed by atoms with Gasteiger partial charge in [0.05, 0.1) is 0 Å². The molecule has 1 heteroatoms. The first-order chi connectivity index (χ1) is 4.30. The molecule has 0 N–H and O–H groups in total. The van der Waals surface area contributed by atoms with Crippen LogP contribution in [0, 0.1) is 0 Å². The van der Waals surface area contributed by atoms with Crippen LogP contribution in [0.25, 0.3) is 0 Å². The van der Waals surface area contributed by atoms with Gasteiger partial charge in [-0.25, -0.2) is 0 Å². The number of rotatable bonds is 1. The Morgan fingerprint density at radius 1 is 1.22 bits per heavy atom. The number of hydrogen-bond donors (Lipinski definition) is 0. The number of hydrogen-bond acceptors (Lipinski definition) is 0. The molecule has 0 nitrogen and oxygen atoms in total. The predicted molar refractivity (Wildman–Crippen MR) is 43.4 cm³/mol. The summed E-state index contributed by atoms with van der Waals surface area (Å²) >= 11 is 1.78. The first-order valence-corrected chi connectivity index (χ1v) is 4.51. The second-order valence-corrected chi connectivity index (χ2v) is 4.30. The summed E-state index contributed by atoms with van der Waals surface area (Å²) in [5.41, 5.74) is 1.44. The second kappa shape index (κ2) is 3.08. The van der Waals surface area contributed by atoms with E-state index in [-0.39, 0.29) is 0 Å². The van der Waals surface area contributed by atoms with Crippen LogP contribution in [0.2, 0.25) is 0 Å². The van der Waals surface area contributed by atoms with Crippen molar-refractivity contribution in [2.24, 2.45) is 0 Å². The van der Waals surface area contributed by atoms with Crippen molar-refractivity contribution in [1.29, 1.82) is 0 Å². The zero-order valence-electron chi connectivity index (χ0n) is 5.54. The molecule has 1 unspecified atom stereocenters. The standard InChI is InChI=1S/C8H11As/c1-7(9)8-5-3-2-4-6-8/h2-7H,9H2,1H3/t7-/m0/s1. The molecule has 0 amide bonds. The van der Waals surface area contributed by atoms with Crippen LogP contribution in [0.15, 0.2) is 30.3 Å². The minimum atomic E-state index is 0.721. The molecule has 48 valence electrons. The van der Waals surface area contributed by atoms with Gasteiger partial charge in [-0.3, -0.25) is 0 Å². The average Bonchev–Trinajstić information content (AvgIpc) is 1.90. The van der Waals surface area contributed by atoms with Crippen LogP contribution >= 0.6 is 0 Å². The molecular formula is C8H11As. The van der Waals surface area contributed by atoms with Crippen molar-refractivity contribution in [2.45, 2.75) is 11.6 Å². The van der Waals surface area contributed by atoms with Gasteiger partial charge in [-0.2, -0.15) is 0 Å². The Kier molecular flexibility index (Phi) is 2.36. The quantitative estimate of drug-likeness (QED) is 0.575. The van der Waals surface area contributed by atoms with Gasteiger partial charge in [0.15, 0.2) is 0 Å². The van der Waals surface area contributed by atoms with Crippen LogP contribution in [-0.2, 0) is 0 Å². The summed E-state index contributed by atoms with van der Waals surface area (Å²) in [7, 11) is 0. The number of benzene rings is 1. The first-order valence-electron chi connectivity index (χ1n) is 3.11. The fraction of sp³-hybridized carbons (Fsp3) is 0.250. The van der Waals surface area contributed by atoms with Gasteiger partial charge in [-0.1, -0.05) is 0 Å². The minimum absolute atomic E-state index is 0.721. The fourth-order valence-electron chi connectivity index (χ4n) is 0.757. The molecular weight excluding hydrogens is 171 g/mol. The van der Waals surface area contributed by atoms with Gasteiger partial charge in [0, 0.05) is 0 Å². The Morgan fingerprint density at radius 3 is 2.11 bits per heavy atom. The molecule has 0 aromatic heterocycles. The van der Waals surface area contributed by atoms with E-state index in [1.54, 1.807) is 16.9 Å². The van der Waals surface area contributed by atoms with Crippen LogP contribution in [0.5, 0.6) is 0 Å². The zero-order valence-corrected chi connectivity index (χ0v) is 7.96. The summed E-state index contributed by atoms with van der Waals surface area (Å²) in [4.78, 5) is 0. The van der Waals surface area contributed by atoms with E-state index in [0.29, 0.717) is 0 Å². The molecule has 0 aliphatic carbocycles. The van der Waals surface area contributed by atoms with E-state index in [9.17, 15) is 0 Å². The Hall–Kier alpha value is -0.222. The summed E-state index contributed by atoms with van der Waals surface area (Å²) in [6, 6.07) is 10.6. The van der Waals surface area contributed by atoms with Crippen molar-refractivity contribution < 1.29 is 0 Å². The molecule has 0 radical (unpaired) electrons. The molecule has 0 spiro atoms. The summed E-state index contributed by atoms with van der Waals surface area (Å²) in [5, 5.41) is 0. The van der Waals surface area contributed by atoms with E-state index in [4.69, 9.17) is 0 Å². The molecule has 0 aliphatic rings. The Morgan fingerprint density at radius 2 is 1.78 bits per heavy atom. The third-order valence-electron chi connectivity index (χ3n) is 1.33. The molecule has 1 rings (SSSR count). The van der Waals surface area contributed by atoms with Crippen LogP contribution in [0.1, 0.15) is 17.2 Å². The molecule has 2 atom stereocenters. The Labute approximate surface area is 64.8 Å². The van der Waals surface area contributed by atoms with Crippen molar-refractivity contribution >= 4 is 16.9 Å². The molecule has 1 aromatic rings. The van der Waals surface area contributed by atoms with Gasteiger partial charge >= 0.3 is 64.4 Å². The maximum absolute atomic E-state index is 2.23. The molecule has 0 saturated carbocycles. The summed E-state index contributed by atoms with van der Waals surface area (Å²) in [6.07, 6.45) is 0. The average molecular weight is 182 g/mol. The van der Waals surface area contributed by atoms with Crippen molar-refractivity contribution in [3.8, 4) is 0 Å². The van der Waals surface area contributed by atoms with Gasteiger partial charge in [0.2, 0.25) is 0 Å². The Bertz CT molecular complexity index is 167. The fourth-order valence-corrected chi connectivity index (χ4v) is 1.22. The summed E-state index contributed by atoms with van der Waals surface area (Å²) in [6.45, 7) is 2.23. The van der Waals surface area contributed by atoms with Gasteiger partial charge in [-0.15, -0.1) is 0 Å². The zero-order chi connectivity index (χ0) is 6.69. The van der Waals surface area contributed by atoms with E-state index in [0.717, 1.165) is 4.71 Å². The van der Waals surface area contributed by atoms with Crippen LogP contribution < -0.4 is 0 Å². The maximum atomic E-state index is 2.23. The monoisotopic (exact) mass is 182 g/mol. The van der Waals surface area contributed by atoms with Crippen molar-refractivity contribution in [2.75, 3.05) is 0 Å².